The first-order chi connectivity index (χ1) is 7.13. The Morgan fingerprint density at radius 2 is 2.40 bits per heavy atom. The minimum absolute atomic E-state index is 0.0174. The van der Waals surface area contributed by atoms with Gasteiger partial charge < -0.3 is 16.0 Å². The number of carbonyl (C=O) groups excluding carboxylic acids is 1. The summed E-state index contributed by atoms with van der Waals surface area (Å²) in [6, 6.07) is -0.0222. The Morgan fingerprint density at radius 3 is 2.93 bits per heavy atom. The maximum atomic E-state index is 11.7. The highest BCUT2D eigenvalue weighted by Gasteiger charge is 2.23. The van der Waals surface area contributed by atoms with Crippen molar-refractivity contribution >= 4 is 5.91 Å². The van der Waals surface area contributed by atoms with Crippen LogP contribution in [0, 0.1) is 0 Å². The largest absolute Gasteiger partial charge is 0.351 e. The Morgan fingerprint density at radius 1 is 1.67 bits per heavy atom. The molecule has 0 aliphatic carbocycles. The quantitative estimate of drug-likeness (QED) is 0.691. The van der Waals surface area contributed by atoms with Gasteiger partial charge in [0.15, 0.2) is 0 Å². The molecule has 1 heterocycles. The molecule has 1 saturated heterocycles. The molecule has 1 aliphatic heterocycles. The zero-order valence-electron chi connectivity index (χ0n) is 9.83. The second-order valence-electron chi connectivity index (χ2n) is 4.51. The van der Waals surface area contributed by atoms with Crippen molar-refractivity contribution in [2.24, 2.45) is 5.73 Å². The first kappa shape index (κ1) is 12.5. The van der Waals surface area contributed by atoms with Crippen molar-refractivity contribution in [3.05, 3.63) is 0 Å². The molecule has 1 amide bonds. The van der Waals surface area contributed by atoms with Crippen LogP contribution in [0.5, 0.6) is 0 Å². The van der Waals surface area contributed by atoms with Crippen molar-refractivity contribution in [3.63, 3.8) is 0 Å². The van der Waals surface area contributed by atoms with Crippen LogP contribution in [0.4, 0.5) is 0 Å². The van der Waals surface area contributed by atoms with Gasteiger partial charge in [0.2, 0.25) is 5.91 Å². The Balaban J connectivity index is 2.22. The predicted molar refractivity (Wildman–Crippen MR) is 61.5 cm³/mol. The Bertz CT molecular complexity index is 208. The van der Waals surface area contributed by atoms with E-state index in [4.69, 9.17) is 5.73 Å². The van der Waals surface area contributed by atoms with Crippen molar-refractivity contribution in [2.45, 2.75) is 44.7 Å². The lowest BCUT2D eigenvalue weighted by Crippen LogP contribution is -2.46. The summed E-state index contributed by atoms with van der Waals surface area (Å²) >= 11 is 0. The van der Waals surface area contributed by atoms with Crippen LogP contribution in [-0.4, -0.2) is 43.0 Å². The minimum atomic E-state index is -0.323. The molecule has 0 aromatic rings. The van der Waals surface area contributed by atoms with Crippen LogP contribution in [0.3, 0.4) is 0 Å². The van der Waals surface area contributed by atoms with E-state index in [1.54, 1.807) is 0 Å². The average Bonchev–Trinajstić information content (AvgIpc) is 2.60. The molecule has 0 radical (unpaired) electrons. The van der Waals surface area contributed by atoms with Gasteiger partial charge in [-0.05, 0) is 26.4 Å². The summed E-state index contributed by atoms with van der Waals surface area (Å²) in [5.41, 5.74) is 5.79. The van der Waals surface area contributed by atoms with Crippen molar-refractivity contribution < 1.29 is 4.79 Å². The van der Waals surface area contributed by atoms with Gasteiger partial charge in [0, 0.05) is 12.6 Å². The molecule has 1 rings (SSSR count). The van der Waals surface area contributed by atoms with Gasteiger partial charge in [-0.1, -0.05) is 19.8 Å². The molecular weight excluding hydrogens is 190 g/mol. The van der Waals surface area contributed by atoms with E-state index < -0.39 is 0 Å². The number of unbranched alkanes of at least 4 members (excludes halogenated alkanes) is 1. The molecule has 4 nitrogen and oxygen atoms in total. The Kier molecular flexibility index (Phi) is 5.05. The summed E-state index contributed by atoms with van der Waals surface area (Å²) in [6.45, 7) is 4.12. The van der Waals surface area contributed by atoms with Gasteiger partial charge in [-0.3, -0.25) is 4.79 Å². The van der Waals surface area contributed by atoms with Gasteiger partial charge in [-0.15, -0.1) is 0 Å². The number of nitrogens with one attached hydrogen (secondary N) is 1. The van der Waals surface area contributed by atoms with E-state index in [0.29, 0.717) is 6.04 Å². The van der Waals surface area contributed by atoms with E-state index in [1.165, 1.54) is 0 Å². The second kappa shape index (κ2) is 6.08. The standard InChI is InChI=1S/C11H23N3O/c1-3-4-5-10(12)11(15)13-9-6-7-14(2)8-9/h9-10H,3-8,12H2,1-2H3,(H,13,15)/t9?,10-/m0/s1. The fraction of sp³-hybridized carbons (Fsp3) is 0.909. The van der Waals surface area contributed by atoms with Crippen molar-refractivity contribution in [2.75, 3.05) is 20.1 Å². The zero-order valence-corrected chi connectivity index (χ0v) is 9.83. The smallest absolute Gasteiger partial charge is 0.237 e. The molecule has 4 heteroatoms. The van der Waals surface area contributed by atoms with Crippen LogP contribution in [0.25, 0.3) is 0 Å². The summed E-state index contributed by atoms with van der Waals surface area (Å²) in [4.78, 5) is 13.9. The number of likely N-dealkylation sites (tertiary alicyclic amines) is 1. The fourth-order valence-corrected chi connectivity index (χ4v) is 1.92. The van der Waals surface area contributed by atoms with E-state index in [0.717, 1.165) is 38.8 Å². The van der Waals surface area contributed by atoms with Crippen LogP contribution in [0.2, 0.25) is 0 Å². The lowest BCUT2D eigenvalue weighted by Gasteiger charge is -2.16. The van der Waals surface area contributed by atoms with Crippen LogP contribution >= 0.6 is 0 Å². The van der Waals surface area contributed by atoms with Crippen LogP contribution in [0.1, 0.15) is 32.6 Å². The number of hydrogen-bond donors (Lipinski definition) is 2. The molecule has 1 aliphatic rings. The second-order valence-corrected chi connectivity index (χ2v) is 4.51. The number of hydrogen-bond acceptors (Lipinski definition) is 3. The molecule has 0 aromatic heterocycles. The highest BCUT2D eigenvalue weighted by Crippen LogP contribution is 2.07. The van der Waals surface area contributed by atoms with Crippen LogP contribution in [0.15, 0.2) is 0 Å². The lowest BCUT2D eigenvalue weighted by molar-refractivity contribution is -0.123. The predicted octanol–water partition coefficient (Wildman–Crippen LogP) is 0.324. The molecule has 88 valence electrons. The summed E-state index contributed by atoms with van der Waals surface area (Å²) in [5, 5.41) is 3.01. The van der Waals surface area contributed by atoms with Gasteiger partial charge in [0.1, 0.15) is 0 Å². The number of nitrogens with zero attached hydrogens (tertiary/aromatic N) is 1. The Labute approximate surface area is 92.2 Å². The summed E-state index contributed by atoms with van der Waals surface area (Å²) in [6.07, 6.45) is 3.96. The molecule has 0 saturated carbocycles. The number of likely N-dealkylation sites (N-methyl/N-ethyl adjacent to an activating group) is 1. The SMILES string of the molecule is CCCC[C@H](N)C(=O)NC1CCN(C)C1. The first-order valence-corrected chi connectivity index (χ1v) is 5.88. The summed E-state index contributed by atoms with van der Waals surface area (Å²) in [7, 11) is 2.07. The molecule has 1 unspecified atom stereocenters. The monoisotopic (exact) mass is 213 g/mol. The maximum Gasteiger partial charge on any atom is 0.237 e. The minimum Gasteiger partial charge on any atom is -0.351 e. The third-order valence-corrected chi connectivity index (χ3v) is 2.94. The molecule has 0 aromatic carbocycles. The number of amides is 1. The lowest BCUT2D eigenvalue weighted by atomic mass is 10.1. The number of rotatable bonds is 5. The third-order valence-electron chi connectivity index (χ3n) is 2.94. The van der Waals surface area contributed by atoms with E-state index in [1.807, 2.05) is 0 Å². The highest BCUT2D eigenvalue weighted by molar-refractivity contribution is 5.81. The van der Waals surface area contributed by atoms with E-state index in [2.05, 4.69) is 24.2 Å². The van der Waals surface area contributed by atoms with E-state index in [-0.39, 0.29) is 11.9 Å². The average molecular weight is 213 g/mol. The number of carbonyl (C=O) groups is 1. The fourth-order valence-electron chi connectivity index (χ4n) is 1.92. The van der Waals surface area contributed by atoms with Gasteiger partial charge in [0.25, 0.3) is 0 Å². The normalized spacial score (nSPS) is 24.1. The van der Waals surface area contributed by atoms with Crippen LogP contribution in [-0.2, 0) is 4.79 Å². The van der Waals surface area contributed by atoms with Crippen molar-refractivity contribution in [3.8, 4) is 0 Å². The molecule has 15 heavy (non-hydrogen) atoms. The molecule has 1 fully saturated rings. The van der Waals surface area contributed by atoms with Crippen LogP contribution < -0.4 is 11.1 Å². The molecule has 3 N–H and O–H groups in total. The highest BCUT2D eigenvalue weighted by atomic mass is 16.2. The molecule has 2 atom stereocenters. The zero-order chi connectivity index (χ0) is 11.3. The topological polar surface area (TPSA) is 58.4 Å². The third kappa shape index (κ3) is 4.18. The van der Waals surface area contributed by atoms with Gasteiger partial charge >= 0.3 is 0 Å². The molecular formula is C11H23N3O. The van der Waals surface area contributed by atoms with Gasteiger partial charge in [-0.25, -0.2) is 0 Å². The van der Waals surface area contributed by atoms with Gasteiger partial charge in [0.05, 0.1) is 6.04 Å². The van der Waals surface area contributed by atoms with Gasteiger partial charge in [-0.2, -0.15) is 0 Å². The van der Waals surface area contributed by atoms with Crippen molar-refractivity contribution in [1.29, 1.82) is 0 Å². The molecule has 0 spiro atoms. The molecule has 0 bridgehead atoms. The van der Waals surface area contributed by atoms with E-state index in [9.17, 15) is 4.79 Å². The number of nitrogens with two attached hydrogens (primary N) is 1. The van der Waals surface area contributed by atoms with E-state index >= 15 is 0 Å². The maximum absolute atomic E-state index is 11.7. The Hall–Kier alpha value is -0.610. The van der Waals surface area contributed by atoms with Crippen molar-refractivity contribution in [1.82, 2.24) is 10.2 Å². The summed E-state index contributed by atoms with van der Waals surface area (Å²) in [5.74, 6) is 0.0174. The summed E-state index contributed by atoms with van der Waals surface area (Å²) < 4.78 is 0. The first-order valence-electron chi connectivity index (χ1n) is 5.88.